The van der Waals surface area contributed by atoms with E-state index in [-0.39, 0.29) is 11.9 Å². The second kappa shape index (κ2) is 8.63. The topological polar surface area (TPSA) is 54.5 Å². The van der Waals surface area contributed by atoms with Crippen LogP contribution in [0.5, 0.6) is 5.75 Å². The number of hydrogen-bond acceptors (Lipinski definition) is 4. The Morgan fingerprint density at radius 3 is 2.73 bits per heavy atom. The van der Waals surface area contributed by atoms with Crippen LogP contribution < -0.4 is 10.1 Å². The van der Waals surface area contributed by atoms with E-state index in [2.05, 4.69) is 27.3 Å². The quantitative estimate of drug-likeness (QED) is 0.864. The highest BCUT2D eigenvalue weighted by molar-refractivity contribution is 5.94. The molecule has 0 bridgehead atoms. The minimum absolute atomic E-state index is 0.00684. The molecule has 26 heavy (non-hydrogen) atoms. The van der Waals surface area contributed by atoms with E-state index in [1.165, 1.54) is 11.1 Å². The standard InChI is InChI=1S/C21H25N3O2/c1-3-26-20-8-6-19(7-9-20)23-21(25)16(2)24-13-10-17(11-14-24)18-5-4-12-22-15-18/h4-10,12,15-16H,3,11,13-14H2,1-2H3,(H,23,25)/t16-/m0/s1. The number of carbonyl (C=O) groups excluding carboxylic acids is 1. The predicted molar refractivity (Wildman–Crippen MR) is 104 cm³/mol. The smallest absolute Gasteiger partial charge is 0.241 e. The van der Waals surface area contributed by atoms with Gasteiger partial charge in [-0.3, -0.25) is 14.7 Å². The fraction of sp³-hybridized carbons (Fsp3) is 0.333. The van der Waals surface area contributed by atoms with E-state index < -0.39 is 0 Å². The molecule has 1 atom stereocenters. The minimum atomic E-state index is -0.187. The van der Waals surface area contributed by atoms with Gasteiger partial charge in [0.2, 0.25) is 5.91 Å². The maximum Gasteiger partial charge on any atom is 0.241 e. The molecule has 2 aromatic rings. The maximum atomic E-state index is 12.6. The van der Waals surface area contributed by atoms with Crippen molar-refractivity contribution in [2.75, 3.05) is 25.0 Å². The molecule has 5 nitrogen and oxygen atoms in total. The Bertz CT molecular complexity index is 757. The monoisotopic (exact) mass is 351 g/mol. The molecule has 1 N–H and O–H groups in total. The summed E-state index contributed by atoms with van der Waals surface area (Å²) in [4.78, 5) is 18.9. The second-order valence-corrected chi connectivity index (χ2v) is 6.34. The Labute approximate surface area is 154 Å². The van der Waals surface area contributed by atoms with Gasteiger partial charge in [0.25, 0.3) is 0 Å². The van der Waals surface area contributed by atoms with Crippen LogP contribution in [-0.4, -0.2) is 41.5 Å². The maximum absolute atomic E-state index is 12.6. The van der Waals surface area contributed by atoms with Gasteiger partial charge in [-0.25, -0.2) is 0 Å². The first-order valence-corrected chi connectivity index (χ1v) is 9.04. The summed E-state index contributed by atoms with van der Waals surface area (Å²) in [5.74, 6) is 0.815. The van der Waals surface area contributed by atoms with Gasteiger partial charge in [0.1, 0.15) is 5.75 Å². The fourth-order valence-electron chi connectivity index (χ4n) is 3.07. The van der Waals surface area contributed by atoms with Gasteiger partial charge < -0.3 is 10.1 Å². The molecule has 0 saturated carbocycles. The Morgan fingerprint density at radius 1 is 1.31 bits per heavy atom. The van der Waals surface area contributed by atoms with Gasteiger partial charge in [0.15, 0.2) is 0 Å². The molecule has 0 radical (unpaired) electrons. The molecule has 3 rings (SSSR count). The predicted octanol–water partition coefficient (Wildman–Crippen LogP) is 3.60. The van der Waals surface area contributed by atoms with Crippen molar-refractivity contribution >= 4 is 17.2 Å². The summed E-state index contributed by atoms with van der Waals surface area (Å²) in [5.41, 5.74) is 3.25. The van der Waals surface area contributed by atoms with Crippen LogP contribution in [0.4, 0.5) is 5.69 Å². The van der Waals surface area contributed by atoms with Gasteiger partial charge in [0.05, 0.1) is 12.6 Å². The molecule has 5 heteroatoms. The third kappa shape index (κ3) is 4.49. The third-order valence-electron chi connectivity index (χ3n) is 4.63. The Hall–Kier alpha value is -2.66. The Balaban J connectivity index is 1.56. The zero-order chi connectivity index (χ0) is 18.4. The highest BCUT2D eigenvalue weighted by atomic mass is 16.5. The molecule has 1 aromatic carbocycles. The summed E-state index contributed by atoms with van der Waals surface area (Å²) in [6.45, 7) is 6.16. The summed E-state index contributed by atoms with van der Waals surface area (Å²) >= 11 is 0. The number of amides is 1. The van der Waals surface area contributed by atoms with Gasteiger partial charge >= 0.3 is 0 Å². The van der Waals surface area contributed by atoms with Crippen molar-refractivity contribution < 1.29 is 9.53 Å². The van der Waals surface area contributed by atoms with Gasteiger partial charge in [-0.2, -0.15) is 0 Å². The Morgan fingerprint density at radius 2 is 2.12 bits per heavy atom. The SMILES string of the molecule is CCOc1ccc(NC(=O)[C@H](C)N2CC=C(c3cccnc3)CC2)cc1. The number of rotatable bonds is 6. The van der Waals surface area contributed by atoms with Crippen LogP contribution in [0.25, 0.3) is 5.57 Å². The molecule has 0 saturated heterocycles. The lowest BCUT2D eigenvalue weighted by Gasteiger charge is -2.31. The first kappa shape index (κ1) is 18.1. The molecule has 2 heterocycles. The first-order valence-electron chi connectivity index (χ1n) is 9.04. The lowest BCUT2D eigenvalue weighted by Crippen LogP contribution is -2.44. The van der Waals surface area contributed by atoms with Gasteiger partial charge in [-0.05, 0) is 61.7 Å². The van der Waals surface area contributed by atoms with E-state index in [4.69, 9.17) is 4.74 Å². The van der Waals surface area contributed by atoms with Crippen molar-refractivity contribution in [1.82, 2.24) is 9.88 Å². The number of nitrogens with zero attached hydrogens (tertiary/aromatic N) is 2. The van der Waals surface area contributed by atoms with E-state index in [0.29, 0.717) is 6.61 Å². The van der Waals surface area contributed by atoms with Crippen molar-refractivity contribution in [3.05, 3.63) is 60.4 Å². The Kier molecular flexibility index (Phi) is 6.02. The molecule has 1 aliphatic rings. The molecular formula is C21H25N3O2. The van der Waals surface area contributed by atoms with Gasteiger partial charge in [0, 0.05) is 31.2 Å². The number of nitrogens with one attached hydrogen (secondary N) is 1. The zero-order valence-electron chi connectivity index (χ0n) is 15.3. The van der Waals surface area contributed by atoms with Gasteiger partial charge in [-0.1, -0.05) is 12.1 Å². The first-order chi connectivity index (χ1) is 12.7. The average molecular weight is 351 g/mol. The molecular weight excluding hydrogens is 326 g/mol. The summed E-state index contributed by atoms with van der Waals surface area (Å²) in [5, 5.41) is 2.98. The van der Waals surface area contributed by atoms with Crippen LogP contribution in [0, 0.1) is 0 Å². The highest BCUT2D eigenvalue weighted by Crippen LogP contribution is 2.23. The van der Waals surface area contributed by atoms with E-state index >= 15 is 0 Å². The zero-order valence-corrected chi connectivity index (χ0v) is 15.3. The van der Waals surface area contributed by atoms with Crippen molar-refractivity contribution in [1.29, 1.82) is 0 Å². The van der Waals surface area contributed by atoms with Crippen LogP contribution in [0.1, 0.15) is 25.8 Å². The molecule has 1 aliphatic heterocycles. The second-order valence-electron chi connectivity index (χ2n) is 6.34. The third-order valence-corrected chi connectivity index (χ3v) is 4.63. The molecule has 0 spiro atoms. The van der Waals surface area contributed by atoms with Crippen molar-refractivity contribution in [3.8, 4) is 5.75 Å². The molecule has 0 fully saturated rings. The van der Waals surface area contributed by atoms with Crippen LogP contribution in [0.2, 0.25) is 0 Å². The highest BCUT2D eigenvalue weighted by Gasteiger charge is 2.23. The number of ether oxygens (including phenoxy) is 1. The summed E-state index contributed by atoms with van der Waals surface area (Å²) < 4.78 is 5.42. The molecule has 1 aromatic heterocycles. The van der Waals surface area contributed by atoms with Crippen molar-refractivity contribution in [2.45, 2.75) is 26.3 Å². The van der Waals surface area contributed by atoms with Crippen LogP contribution in [-0.2, 0) is 4.79 Å². The summed E-state index contributed by atoms with van der Waals surface area (Å²) in [6.07, 6.45) is 6.80. The fourth-order valence-corrected chi connectivity index (χ4v) is 3.07. The minimum Gasteiger partial charge on any atom is -0.494 e. The summed E-state index contributed by atoms with van der Waals surface area (Å²) in [7, 11) is 0. The van der Waals surface area contributed by atoms with Crippen LogP contribution in [0.15, 0.2) is 54.9 Å². The molecule has 0 aliphatic carbocycles. The summed E-state index contributed by atoms with van der Waals surface area (Å²) in [6, 6.07) is 11.3. The van der Waals surface area contributed by atoms with E-state index in [9.17, 15) is 4.79 Å². The van der Waals surface area contributed by atoms with E-state index in [0.717, 1.165) is 30.9 Å². The molecule has 136 valence electrons. The number of pyridine rings is 1. The van der Waals surface area contributed by atoms with Crippen LogP contribution in [0.3, 0.4) is 0 Å². The van der Waals surface area contributed by atoms with Gasteiger partial charge in [-0.15, -0.1) is 0 Å². The number of carbonyl (C=O) groups is 1. The number of hydrogen-bond donors (Lipinski definition) is 1. The normalized spacial score (nSPS) is 15.8. The van der Waals surface area contributed by atoms with E-state index in [1.807, 2.05) is 50.4 Å². The van der Waals surface area contributed by atoms with E-state index in [1.54, 1.807) is 6.20 Å². The number of aromatic nitrogens is 1. The average Bonchev–Trinajstić information content (AvgIpc) is 2.70. The van der Waals surface area contributed by atoms with Crippen molar-refractivity contribution in [3.63, 3.8) is 0 Å². The van der Waals surface area contributed by atoms with Crippen molar-refractivity contribution in [2.24, 2.45) is 0 Å². The molecule has 1 amide bonds. The lowest BCUT2D eigenvalue weighted by molar-refractivity contribution is -0.120. The number of benzene rings is 1. The van der Waals surface area contributed by atoms with Crippen LogP contribution >= 0.6 is 0 Å². The number of anilines is 1. The largest absolute Gasteiger partial charge is 0.494 e. The molecule has 0 unspecified atom stereocenters. The lowest BCUT2D eigenvalue weighted by atomic mass is 10.0.